The minimum Gasteiger partial charge on any atom is -0.493 e. The molecule has 0 atom stereocenters. The number of ether oxygens (including phenoxy) is 2. The molecule has 2 aromatic heterocycles. The van der Waals surface area contributed by atoms with Gasteiger partial charge in [0, 0.05) is 29.1 Å². The second-order valence-electron chi connectivity index (χ2n) is 3.96. The predicted molar refractivity (Wildman–Crippen MR) is 78.1 cm³/mol. The molecule has 2 heterocycles. The Balaban J connectivity index is 2.16. The van der Waals surface area contributed by atoms with Gasteiger partial charge >= 0.3 is 5.97 Å². The van der Waals surface area contributed by atoms with Gasteiger partial charge in [-0.05, 0) is 12.1 Å². The number of methoxy groups -OCH3 is 2. The molecule has 1 N–H and O–H groups in total. The van der Waals surface area contributed by atoms with Crippen molar-refractivity contribution < 1.29 is 19.4 Å². The van der Waals surface area contributed by atoms with Crippen LogP contribution < -0.4 is 9.47 Å². The fourth-order valence-corrected chi connectivity index (χ4v) is 2.58. The predicted octanol–water partition coefficient (Wildman–Crippen LogP) is 2.48. The van der Waals surface area contributed by atoms with E-state index in [2.05, 4.69) is 9.97 Å². The molecule has 0 spiro atoms. The van der Waals surface area contributed by atoms with Gasteiger partial charge in [0.1, 0.15) is 5.69 Å². The van der Waals surface area contributed by atoms with Crippen molar-refractivity contribution in [1.29, 1.82) is 0 Å². The molecule has 0 saturated heterocycles. The number of hydrogen-bond acceptors (Lipinski definition) is 6. The molecule has 0 amide bonds. The topological polar surface area (TPSA) is 81.5 Å². The molecule has 110 valence electrons. The van der Waals surface area contributed by atoms with Crippen LogP contribution >= 0.6 is 11.8 Å². The Labute approximate surface area is 126 Å². The molecule has 21 heavy (non-hydrogen) atoms. The second kappa shape index (κ2) is 6.94. The highest BCUT2D eigenvalue weighted by molar-refractivity contribution is 7.98. The van der Waals surface area contributed by atoms with Gasteiger partial charge in [0.15, 0.2) is 11.5 Å². The van der Waals surface area contributed by atoms with E-state index in [4.69, 9.17) is 14.6 Å². The molecule has 6 nitrogen and oxygen atoms in total. The van der Waals surface area contributed by atoms with Crippen LogP contribution in [0.3, 0.4) is 0 Å². The van der Waals surface area contributed by atoms with E-state index in [1.165, 1.54) is 24.0 Å². The lowest BCUT2D eigenvalue weighted by Crippen LogP contribution is -2.00. The van der Waals surface area contributed by atoms with Gasteiger partial charge in [-0.15, -0.1) is 11.8 Å². The summed E-state index contributed by atoms with van der Waals surface area (Å²) < 4.78 is 10.5. The fourth-order valence-electron chi connectivity index (χ4n) is 1.72. The van der Waals surface area contributed by atoms with E-state index in [0.29, 0.717) is 17.3 Å². The molecular formula is C14H14N2O4S. The van der Waals surface area contributed by atoms with Gasteiger partial charge in [-0.3, -0.25) is 4.98 Å². The van der Waals surface area contributed by atoms with E-state index in [0.717, 1.165) is 10.6 Å². The van der Waals surface area contributed by atoms with Crippen LogP contribution in [0.25, 0.3) is 0 Å². The zero-order valence-corrected chi connectivity index (χ0v) is 12.4. The first-order valence-corrected chi connectivity index (χ1v) is 7.02. The smallest absolute Gasteiger partial charge is 0.354 e. The van der Waals surface area contributed by atoms with Gasteiger partial charge in [-0.25, -0.2) is 9.78 Å². The van der Waals surface area contributed by atoms with Crippen molar-refractivity contribution in [1.82, 2.24) is 9.97 Å². The fraction of sp³-hybridized carbons (Fsp3) is 0.214. The Hall–Kier alpha value is -2.28. The number of carbonyl (C=O) groups is 1. The van der Waals surface area contributed by atoms with Crippen LogP contribution in [0.4, 0.5) is 0 Å². The lowest BCUT2D eigenvalue weighted by atomic mass is 10.3. The zero-order chi connectivity index (χ0) is 15.2. The quantitative estimate of drug-likeness (QED) is 0.821. The molecule has 7 heteroatoms. The Morgan fingerprint density at radius 1 is 1.24 bits per heavy atom. The van der Waals surface area contributed by atoms with Gasteiger partial charge in [0.05, 0.1) is 19.9 Å². The van der Waals surface area contributed by atoms with E-state index < -0.39 is 5.97 Å². The van der Waals surface area contributed by atoms with Crippen LogP contribution in [0.2, 0.25) is 0 Å². The number of aromatic carboxylic acids is 1. The first-order chi connectivity index (χ1) is 10.2. The van der Waals surface area contributed by atoms with Crippen molar-refractivity contribution in [3.05, 3.63) is 42.0 Å². The highest BCUT2D eigenvalue weighted by Crippen LogP contribution is 2.33. The van der Waals surface area contributed by atoms with Crippen LogP contribution in [0.15, 0.2) is 35.5 Å². The zero-order valence-electron chi connectivity index (χ0n) is 11.6. The monoisotopic (exact) mass is 306 g/mol. The Kier molecular flexibility index (Phi) is 4.99. The van der Waals surface area contributed by atoms with Crippen molar-refractivity contribution in [2.45, 2.75) is 10.6 Å². The minimum atomic E-state index is -1.05. The maximum Gasteiger partial charge on any atom is 0.354 e. The third-order valence-electron chi connectivity index (χ3n) is 2.69. The number of aromatic nitrogens is 2. The van der Waals surface area contributed by atoms with Gasteiger partial charge in [-0.2, -0.15) is 0 Å². The summed E-state index contributed by atoms with van der Waals surface area (Å²) in [5.41, 5.74) is 0.751. The van der Waals surface area contributed by atoms with E-state index in [-0.39, 0.29) is 5.69 Å². The number of nitrogens with zero attached hydrogens (tertiary/aromatic N) is 2. The molecule has 0 fully saturated rings. The summed E-state index contributed by atoms with van der Waals surface area (Å²) in [5, 5.41) is 8.92. The molecular weight excluding hydrogens is 292 g/mol. The SMILES string of the molecule is COc1ccnc(CSc2ccnc(C(=O)O)c2)c1OC. The van der Waals surface area contributed by atoms with E-state index >= 15 is 0 Å². The number of rotatable bonds is 6. The first kappa shape index (κ1) is 15.1. The Morgan fingerprint density at radius 3 is 2.67 bits per heavy atom. The maximum absolute atomic E-state index is 10.9. The summed E-state index contributed by atoms with van der Waals surface area (Å²) in [6.07, 6.45) is 3.12. The van der Waals surface area contributed by atoms with Crippen molar-refractivity contribution in [2.24, 2.45) is 0 Å². The van der Waals surface area contributed by atoms with Gasteiger partial charge in [0.25, 0.3) is 0 Å². The van der Waals surface area contributed by atoms with Crippen LogP contribution in [-0.4, -0.2) is 35.3 Å². The summed E-state index contributed by atoms with van der Waals surface area (Å²) >= 11 is 1.45. The minimum absolute atomic E-state index is 0.0190. The molecule has 0 bridgehead atoms. The van der Waals surface area contributed by atoms with Crippen molar-refractivity contribution in [3.63, 3.8) is 0 Å². The highest BCUT2D eigenvalue weighted by Gasteiger charge is 2.12. The molecule has 0 aliphatic carbocycles. The second-order valence-corrected chi connectivity index (χ2v) is 5.01. The third kappa shape index (κ3) is 3.63. The Morgan fingerprint density at radius 2 is 2.00 bits per heavy atom. The van der Waals surface area contributed by atoms with Crippen molar-refractivity contribution >= 4 is 17.7 Å². The third-order valence-corrected chi connectivity index (χ3v) is 3.70. The standard InChI is InChI=1S/C14H14N2O4S/c1-19-12-4-6-16-11(13(12)20-2)8-21-9-3-5-15-10(7-9)14(17)18/h3-7H,8H2,1-2H3,(H,17,18). The summed E-state index contributed by atoms with van der Waals surface area (Å²) in [5.74, 6) is 0.683. The van der Waals surface area contributed by atoms with E-state index in [1.807, 2.05) is 0 Å². The van der Waals surface area contributed by atoms with Gasteiger partial charge in [-0.1, -0.05) is 0 Å². The summed E-state index contributed by atoms with van der Waals surface area (Å²) in [7, 11) is 3.12. The number of pyridine rings is 2. The van der Waals surface area contributed by atoms with Crippen LogP contribution in [0, 0.1) is 0 Å². The largest absolute Gasteiger partial charge is 0.493 e. The molecule has 0 unspecified atom stereocenters. The van der Waals surface area contributed by atoms with Gasteiger partial charge < -0.3 is 14.6 Å². The molecule has 2 aromatic rings. The lowest BCUT2D eigenvalue weighted by Gasteiger charge is -2.11. The number of carboxylic acid groups (broad SMARTS) is 1. The van der Waals surface area contributed by atoms with Crippen LogP contribution in [0.1, 0.15) is 16.2 Å². The molecule has 2 rings (SSSR count). The molecule has 0 aromatic carbocycles. The molecule has 0 aliphatic heterocycles. The van der Waals surface area contributed by atoms with Crippen molar-refractivity contribution in [3.8, 4) is 11.5 Å². The Bertz CT molecular complexity index is 649. The summed E-state index contributed by atoms with van der Waals surface area (Å²) in [4.78, 5) is 19.7. The molecule has 0 aliphatic rings. The average molecular weight is 306 g/mol. The average Bonchev–Trinajstić information content (AvgIpc) is 2.52. The van der Waals surface area contributed by atoms with Gasteiger partial charge in [0.2, 0.25) is 0 Å². The number of thioether (sulfide) groups is 1. The highest BCUT2D eigenvalue weighted by atomic mass is 32.2. The molecule has 0 saturated carbocycles. The maximum atomic E-state index is 10.9. The summed E-state index contributed by atoms with van der Waals surface area (Å²) in [6.45, 7) is 0. The number of hydrogen-bond donors (Lipinski definition) is 1. The first-order valence-electron chi connectivity index (χ1n) is 6.03. The normalized spacial score (nSPS) is 10.2. The van der Waals surface area contributed by atoms with Crippen LogP contribution in [-0.2, 0) is 5.75 Å². The molecule has 0 radical (unpaired) electrons. The van der Waals surface area contributed by atoms with Crippen LogP contribution in [0.5, 0.6) is 11.5 Å². The van der Waals surface area contributed by atoms with E-state index in [1.54, 1.807) is 32.5 Å². The van der Waals surface area contributed by atoms with E-state index in [9.17, 15) is 4.79 Å². The van der Waals surface area contributed by atoms with Crippen molar-refractivity contribution in [2.75, 3.05) is 14.2 Å². The lowest BCUT2D eigenvalue weighted by molar-refractivity contribution is 0.0690. The number of carboxylic acids is 1. The summed E-state index contributed by atoms with van der Waals surface area (Å²) in [6, 6.07) is 5.01.